The van der Waals surface area contributed by atoms with Gasteiger partial charge in [-0.05, 0) is 36.6 Å². The van der Waals surface area contributed by atoms with Crippen molar-refractivity contribution >= 4 is 29.3 Å². The molecule has 0 saturated heterocycles. The zero-order valence-electron chi connectivity index (χ0n) is 11.9. The molecular weight excluding hydrogens is 296 g/mol. The number of carboxylic acid groups (broad SMARTS) is 1. The molecule has 1 aliphatic rings. The fourth-order valence-corrected chi connectivity index (χ4v) is 2.21. The first-order valence-corrected chi connectivity index (χ1v) is 6.90. The third-order valence-electron chi connectivity index (χ3n) is 3.02. The summed E-state index contributed by atoms with van der Waals surface area (Å²) in [5.41, 5.74) is 1.40. The monoisotopic (exact) mass is 312 g/mol. The van der Waals surface area contributed by atoms with Gasteiger partial charge in [-0.3, -0.25) is 14.4 Å². The first-order chi connectivity index (χ1) is 9.90. The van der Waals surface area contributed by atoms with E-state index < -0.39 is 17.9 Å². The van der Waals surface area contributed by atoms with Crippen LogP contribution in [-0.2, 0) is 20.7 Å². The second-order valence-electron chi connectivity index (χ2n) is 4.59. The number of carbonyl (C=O) groups excluding carboxylic acids is 2. The SMILES string of the molecule is CCCC(=O)O.COC(=O)C1Cc2cc(Cl)ccc2C1=O. The summed E-state index contributed by atoms with van der Waals surface area (Å²) in [7, 11) is 1.28. The minimum Gasteiger partial charge on any atom is -0.481 e. The van der Waals surface area contributed by atoms with E-state index in [0.717, 1.165) is 12.0 Å². The van der Waals surface area contributed by atoms with Gasteiger partial charge >= 0.3 is 11.9 Å². The van der Waals surface area contributed by atoms with Crippen LogP contribution in [-0.4, -0.2) is 29.9 Å². The average molecular weight is 313 g/mol. The van der Waals surface area contributed by atoms with Gasteiger partial charge in [0, 0.05) is 17.0 Å². The first kappa shape index (κ1) is 17.2. The zero-order valence-corrected chi connectivity index (χ0v) is 12.6. The molecule has 1 aromatic carbocycles. The molecular formula is C15H17ClO5. The van der Waals surface area contributed by atoms with Crippen LogP contribution in [0.25, 0.3) is 0 Å². The lowest BCUT2D eigenvalue weighted by molar-refractivity contribution is -0.143. The predicted molar refractivity (Wildman–Crippen MR) is 77.5 cm³/mol. The highest BCUT2D eigenvalue weighted by Crippen LogP contribution is 2.29. The van der Waals surface area contributed by atoms with Crippen LogP contribution in [0.1, 0.15) is 35.7 Å². The zero-order chi connectivity index (χ0) is 16.0. The molecule has 0 radical (unpaired) electrons. The van der Waals surface area contributed by atoms with E-state index in [4.69, 9.17) is 16.7 Å². The molecule has 1 atom stereocenters. The molecule has 2 rings (SSSR count). The Hall–Kier alpha value is -1.88. The van der Waals surface area contributed by atoms with E-state index in [2.05, 4.69) is 4.74 Å². The lowest BCUT2D eigenvalue weighted by Gasteiger charge is -2.03. The summed E-state index contributed by atoms with van der Waals surface area (Å²) in [4.78, 5) is 32.7. The van der Waals surface area contributed by atoms with Crippen LogP contribution in [0.5, 0.6) is 0 Å². The maximum Gasteiger partial charge on any atom is 0.316 e. The standard InChI is InChI=1S/C11H9ClO3.C4H8O2/c1-15-11(14)9-5-6-4-7(12)2-3-8(6)10(9)13;1-2-3-4(5)6/h2-4,9H,5H2,1H3;2-3H2,1H3,(H,5,6). The number of fused-ring (bicyclic) bond motifs is 1. The number of ketones is 1. The number of Topliss-reactive ketones (excluding diaryl/α,β-unsaturated/α-hetero) is 1. The molecule has 5 nitrogen and oxygen atoms in total. The van der Waals surface area contributed by atoms with E-state index in [1.807, 2.05) is 6.92 Å². The van der Waals surface area contributed by atoms with Gasteiger partial charge in [-0.15, -0.1) is 0 Å². The summed E-state index contributed by atoms with van der Waals surface area (Å²) in [5, 5.41) is 8.49. The van der Waals surface area contributed by atoms with Crippen LogP contribution in [0, 0.1) is 5.92 Å². The lowest BCUT2D eigenvalue weighted by atomic mass is 10.1. The summed E-state index contributed by atoms with van der Waals surface area (Å²) in [6.07, 6.45) is 1.41. The molecule has 0 aliphatic heterocycles. The second-order valence-corrected chi connectivity index (χ2v) is 5.03. The first-order valence-electron chi connectivity index (χ1n) is 6.53. The van der Waals surface area contributed by atoms with Gasteiger partial charge in [0.25, 0.3) is 0 Å². The molecule has 0 bridgehead atoms. The van der Waals surface area contributed by atoms with E-state index in [1.165, 1.54) is 7.11 Å². The molecule has 0 fully saturated rings. The highest BCUT2D eigenvalue weighted by Gasteiger charge is 2.36. The third kappa shape index (κ3) is 4.56. The summed E-state index contributed by atoms with van der Waals surface area (Å²) >= 11 is 5.80. The van der Waals surface area contributed by atoms with Crippen LogP contribution >= 0.6 is 11.6 Å². The fourth-order valence-electron chi connectivity index (χ4n) is 2.02. The number of hydrogen-bond donors (Lipinski definition) is 1. The molecule has 21 heavy (non-hydrogen) atoms. The van der Waals surface area contributed by atoms with Crippen LogP contribution in [0.3, 0.4) is 0 Å². The predicted octanol–water partition coefficient (Wildman–Crippen LogP) is 2.74. The number of aliphatic carboxylic acids is 1. The number of carbonyl (C=O) groups is 3. The Morgan fingerprint density at radius 3 is 2.57 bits per heavy atom. The number of halogens is 1. The molecule has 1 aliphatic carbocycles. The van der Waals surface area contributed by atoms with Crippen molar-refractivity contribution in [2.24, 2.45) is 5.92 Å². The van der Waals surface area contributed by atoms with Gasteiger partial charge in [0.1, 0.15) is 5.92 Å². The van der Waals surface area contributed by atoms with Crippen LogP contribution in [0.4, 0.5) is 0 Å². The molecule has 0 heterocycles. The Morgan fingerprint density at radius 2 is 2.10 bits per heavy atom. The highest BCUT2D eigenvalue weighted by molar-refractivity contribution is 6.31. The second kappa shape index (κ2) is 7.78. The van der Waals surface area contributed by atoms with Crippen molar-refractivity contribution in [2.45, 2.75) is 26.2 Å². The van der Waals surface area contributed by atoms with Crippen molar-refractivity contribution in [1.29, 1.82) is 0 Å². The molecule has 1 N–H and O–H groups in total. The van der Waals surface area contributed by atoms with E-state index in [-0.39, 0.29) is 5.78 Å². The average Bonchev–Trinajstić information content (AvgIpc) is 2.75. The molecule has 6 heteroatoms. The smallest absolute Gasteiger partial charge is 0.316 e. The molecule has 0 aromatic heterocycles. The largest absolute Gasteiger partial charge is 0.481 e. The quantitative estimate of drug-likeness (QED) is 0.685. The van der Waals surface area contributed by atoms with Crippen LogP contribution in [0.2, 0.25) is 5.02 Å². The van der Waals surface area contributed by atoms with Gasteiger partial charge in [0.05, 0.1) is 7.11 Å². The van der Waals surface area contributed by atoms with E-state index in [9.17, 15) is 14.4 Å². The maximum atomic E-state index is 11.8. The number of methoxy groups -OCH3 is 1. The van der Waals surface area contributed by atoms with Gasteiger partial charge in [-0.1, -0.05) is 18.5 Å². The molecule has 0 saturated carbocycles. The van der Waals surface area contributed by atoms with Crippen molar-refractivity contribution in [2.75, 3.05) is 7.11 Å². The van der Waals surface area contributed by atoms with Crippen LogP contribution < -0.4 is 0 Å². The van der Waals surface area contributed by atoms with Crippen molar-refractivity contribution in [1.82, 2.24) is 0 Å². The van der Waals surface area contributed by atoms with E-state index in [0.29, 0.717) is 23.4 Å². The lowest BCUT2D eigenvalue weighted by Crippen LogP contribution is -2.21. The molecule has 1 aromatic rings. The number of benzene rings is 1. The Balaban J connectivity index is 0.000000315. The molecule has 0 spiro atoms. The minimum absolute atomic E-state index is 0.173. The summed E-state index contributed by atoms with van der Waals surface area (Å²) in [5.74, 6) is -2.05. The highest BCUT2D eigenvalue weighted by atomic mass is 35.5. The van der Waals surface area contributed by atoms with Crippen molar-refractivity contribution in [3.8, 4) is 0 Å². The number of hydrogen-bond acceptors (Lipinski definition) is 4. The number of ether oxygens (including phenoxy) is 1. The molecule has 114 valence electrons. The Morgan fingerprint density at radius 1 is 1.43 bits per heavy atom. The van der Waals surface area contributed by atoms with Crippen LogP contribution in [0.15, 0.2) is 18.2 Å². The molecule has 1 unspecified atom stereocenters. The van der Waals surface area contributed by atoms with E-state index in [1.54, 1.807) is 18.2 Å². The van der Waals surface area contributed by atoms with Gasteiger partial charge in [0.2, 0.25) is 0 Å². The fraction of sp³-hybridized carbons (Fsp3) is 0.400. The van der Waals surface area contributed by atoms with E-state index >= 15 is 0 Å². The van der Waals surface area contributed by atoms with Crippen molar-refractivity contribution in [3.05, 3.63) is 34.3 Å². The van der Waals surface area contributed by atoms with Gasteiger partial charge in [-0.2, -0.15) is 0 Å². The third-order valence-corrected chi connectivity index (χ3v) is 3.26. The minimum atomic E-state index is -0.711. The van der Waals surface area contributed by atoms with Gasteiger partial charge in [0.15, 0.2) is 5.78 Å². The maximum absolute atomic E-state index is 11.8. The number of rotatable bonds is 3. The van der Waals surface area contributed by atoms with Gasteiger partial charge in [-0.25, -0.2) is 0 Å². The number of esters is 1. The van der Waals surface area contributed by atoms with Gasteiger partial charge < -0.3 is 9.84 Å². The van der Waals surface area contributed by atoms with Crippen molar-refractivity contribution < 1.29 is 24.2 Å². The molecule has 0 amide bonds. The topological polar surface area (TPSA) is 80.7 Å². The summed E-state index contributed by atoms with van der Waals surface area (Å²) in [6, 6.07) is 5.03. The Bertz CT molecular complexity index is 553. The Labute approximate surface area is 127 Å². The van der Waals surface area contributed by atoms with Crippen molar-refractivity contribution in [3.63, 3.8) is 0 Å². The summed E-state index contributed by atoms with van der Waals surface area (Å²) in [6.45, 7) is 1.84. The normalized spacial score (nSPS) is 15.8. The Kier molecular flexibility index (Phi) is 6.37. The summed E-state index contributed by atoms with van der Waals surface area (Å²) < 4.78 is 4.57. The number of carboxylic acids is 1.